The lowest BCUT2D eigenvalue weighted by molar-refractivity contribution is -0.117. The van der Waals surface area contributed by atoms with Crippen molar-refractivity contribution in [1.29, 1.82) is 0 Å². The van der Waals surface area contributed by atoms with Gasteiger partial charge in [0, 0.05) is 12.1 Å². The standard InChI is InChI=1S/C12H15N3O2.C2H6/c1-8(16)6-13-12(17)9-3-2-4-10-11(5-9)15-7-14-10;1-2/h3-5,7-8,16H,2,6H2,1H3,(H,13,17)(H,14,15);1-2H3. The highest BCUT2D eigenvalue weighted by Gasteiger charge is 2.08. The van der Waals surface area contributed by atoms with E-state index < -0.39 is 6.10 Å². The number of H-pyrrole nitrogens is 1. The zero-order valence-electron chi connectivity index (χ0n) is 11.6. The molecule has 1 aromatic rings. The number of hydrogen-bond donors (Lipinski definition) is 3. The number of aliphatic hydroxyl groups is 1. The molecule has 0 bridgehead atoms. The van der Waals surface area contributed by atoms with Gasteiger partial charge in [0.1, 0.15) is 0 Å². The van der Waals surface area contributed by atoms with Gasteiger partial charge in [0.2, 0.25) is 0 Å². The molecule has 1 aliphatic carbocycles. The summed E-state index contributed by atoms with van der Waals surface area (Å²) in [5, 5.41) is 13.5. The van der Waals surface area contributed by atoms with E-state index in [1.54, 1.807) is 19.3 Å². The Morgan fingerprint density at radius 3 is 2.95 bits per heavy atom. The second-order valence-electron chi connectivity index (χ2n) is 4.00. The number of carbonyl (C=O) groups excluding carboxylic acids is 1. The average Bonchev–Trinajstić information content (AvgIpc) is 2.75. The molecule has 1 unspecified atom stereocenters. The fourth-order valence-electron chi connectivity index (χ4n) is 1.61. The van der Waals surface area contributed by atoms with E-state index in [0.29, 0.717) is 12.0 Å². The Bertz CT molecular complexity index is 555. The van der Waals surface area contributed by atoms with Crippen LogP contribution >= 0.6 is 0 Å². The van der Waals surface area contributed by atoms with Crippen LogP contribution in [-0.2, 0) is 4.79 Å². The molecular formula is C14H21N3O2. The van der Waals surface area contributed by atoms with Crippen LogP contribution in [0.15, 0.2) is 18.0 Å². The Labute approximate surface area is 112 Å². The Hall–Kier alpha value is -1.88. The summed E-state index contributed by atoms with van der Waals surface area (Å²) in [5.74, 6) is -0.179. The highest BCUT2D eigenvalue weighted by molar-refractivity contribution is 6.01. The van der Waals surface area contributed by atoms with Crippen molar-refractivity contribution in [3.63, 3.8) is 0 Å². The number of amides is 1. The van der Waals surface area contributed by atoms with Crippen molar-refractivity contribution >= 4 is 18.1 Å². The second kappa shape index (κ2) is 7.53. The molecule has 0 fully saturated rings. The Morgan fingerprint density at radius 2 is 2.26 bits per heavy atom. The van der Waals surface area contributed by atoms with E-state index in [-0.39, 0.29) is 12.5 Å². The minimum Gasteiger partial charge on any atom is -0.392 e. The first-order valence-electron chi connectivity index (χ1n) is 6.54. The summed E-state index contributed by atoms with van der Waals surface area (Å²) in [5.41, 5.74) is 0.588. The van der Waals surface area contributed by atoms with Crippen molar-refractivity contribution in [1.82, 2.24) is 15.3 Å². The maximum atomic E-state index is 11.8. The molecule has 2 rings (SSSR count). The van der Waals surface area contributed by atoms with Crippen LogP contribution in [0.25, 0.3) is 12.2 Å². The van der Waals surface area contributed by atoms with Crippen LogP contribution in [0.4, 0.5) is 0 Å². The quantitative estimate of drug-likeness (QED) is 0.708. The van der Waals surface area contributed by atoms with Gasteiger partial charge >= 0.3 is 0 Å². The number of rotatable bonds is 3. The third kappa shape index (κ3) is 4.37. The van der Waals surface area contributed by atoms with E-state index in [2.05, 4.69) is 15.3 Å². The first-order valence-corrected chi connectivity index (χ1v) is 6.54. The van der Waals surface area contributed by atoms with E-state index >= 15 is 0 Å². The summed E-state index contributed by atoms with van der Waals surface area (Å²) in [4.78, 5) is 18.9. The number of fused-ring (bicyclic) bond motifs is 1. The lowest BCUT2D eigenvalue weighted by atomic mass is 10.2. The zero-order chi connectivity index (χ0) is 14.3. The van der Waals surface area contributed by atoms with Gasteiger partial charge < -0.3 is 15.4 Å². The molecule has 5 nitrogen and oxygen atoms in total. The second-order valence-corrected chi connectivity index (χ2v) is 4.00. The number of aromatic nitrogens is 2. The highest BCUT2D eigenvalue weighted by Crippen LogP contribution is 2.01. The molecule has 0 spiro atoms. The molecule has 19 heavy (non-hydrogen) atoms. The molecular weight excluding hydrogens is 242 g/mol. The Balaban J connectivity index is 0.000000861. The minimum absolute atomic E-state index is 0.179. The molecule has 0 saturated carbocycles. The summed E-state index contributed by atoms with van der Waals surface area (Å²) in [7, 11) is 0. The molecule has 1 amide bonds. The van der Waals surface area contributed by atoms with Crippen molar-refractivity contribution in [2.24, 2.45) is 0 Å². The lowest BCUT2D eigenvalue weighted by Gasteiger charge is -2.07. The zero-order valence-corrected chi connectivity index (χ0v) is 11.6. The molecule has 3 N–H and O–H groups in total. The van der Waals surface area contributed by atoms with Crippen LogP contribution in [0.1, 0.15) is 27.2 Å². The molecule has 104 valence electrons. The predicted octanol–water partition coefficient (Wildman–Crippen LogP) is -0.176. The lowest BCUT2D eigenvalue weighted by Crippen LogP contribution is -2.32. The number of carbonyl (C=O) groups is 1. The van der Waals surface area contributed by atoms with Gasteiger partial charge in [-0.3, -0.25) is 4.79 Å². The predicted molar refractivity (Wildman–Crippen MR) is 75.5 cm³/mol. The van der Waals surface area contributed by atoms with Crippen molar-refractivity contribution in [3.05, 3.63) is 28.7 Å². The van der Waals surface area contributed by atoms with Gasteiger partial charge in [0.05, 0.1) is 23.1 Å². The molecule has 1 aliphatic rings. The number of allylic oxidation sites excluding steroid dienone is 1. The van der Waals surface area contributed by atoms with Crippen molar-refractivity contribution < 1.29 is 9.90 Å². The third-order valence-electron chi connectivity index (χ3n) is 2.47. The summed E-state index contributed by atoms with van der Waals surface area (Å²) >= 11 is 0. The number of nitrogens with one attached hydrogen (secondary N) is 2. The van der Waals surface area contributed by atoms with Gasteiger partial charge in [-0.15, -0.1) is 0 Å². The van der Waals surface area contributed by atoms with Gasteiger partial charge in [0.25, 0.3) is 5.91 Å². The summed E-state index contributed by atoms with van der Waals surface area (Å²) in [6.45, 7) is 5.88. The van der Waals surface area contributed by atoms with Crippen LogP contribution in [-0.4, -0.2) is 33.6 Å². The smallest absolute Gasteiger partial charge is 0.251 e. The largest absolute Gasteiger partial charge is 0.392 e. The number of aromatic amines is 1. The molecule has 5 heteroatoms. The van der Waals surface area contributed by atoms with Crippen molar-refractivity contribution in [2.75, 3.05) is 6.54 Å². The average molecular weight is 263 g/mol. The van der Waals surface area contributed by atoms with Gasteiger partial charge in [-0.2, -0.15) is 0 Å². The summed E-state index contributed by atoms with van der Waals surface area (Å²) in [6, 6.07) is 0. The number of aliphatic hydroxyl groups excluding tert-OH is 1. The maximum Gasteiger partial charge on any atom is 0.251 e. The molecule has 0 radical (unpaired) electrons. The molecule has 1 atom stereocenters. The first kappa shape index (κ1) is 15.2. The van der Waals surface area contributed by atoms with Gasteiger partial charge in [0.15, 0.2) is 0 Å². The highest BCUT2D eigenvalue weighted by atomic mass is 16.3. The fourth-order valence-corrected chi connectivity index (χ4v) is 1.61. The van der Waals surface area contributed by atoms with Crippen molar-refractivity contribution in [3.8, 4) is 0 Å². The van der Waals surface area contributed by atoms with Gasteiger partial charge in [-0.1, -0.05) is 26.0 Å². The van der Waals surface area contributed by atoms with Crippen LogP contribution in [0.2, 0.25) is 0 Å². The van der Waals surface area contributed by atoms with Gasteiger partial charge in [-0.05, 0) is 19.4 Å². The Kier molecular flexibility index (Phi) is 6.02. The first-order chi connectivity index (χ1) is 9.16. The van der Waals surface area contributed by atoms with E-state index in [1.165, 1.54) is 0 Å². The number of imidazole rings is 1. The topological polar surface area (TPSA) is 78.0 Å². The van der Waals surface area contributed by atoms with E-state index in [9.17, 15) is 4.79 Å². The molecule has 1 aromatic heterocycles. The molecule has 0 aromatic carbocycles. The van der Waals surface area contributed by atoms with E-state index in [4.69, 9.17) is 5.11 Å². The molecule has 0 aliphatic heterocycles. The SMILES string of the molecule is CC.CC(O)CNC(=O)C1=CCC=c2nc[nH]c2=C1. The fraction of sp³-hybridized carbons (Fsp3) is 0.429. The Morgan fingerprint density at radius 1 is 1.53 bits per heavy atom. The van der Waals surface area contributed by atoms with Gasteiger partial charge in [-0.25, -0.2) is 4.98 Å². The number of nitrogens with zero attached hydrogens (tertiary/aromatic N) is 1. The normalized spacial score (nSPS) is 14.4. The van der Waals surface area contributed by atoms with E-state index in [0.717, 1.165) is 10.7 Å². The summed E-state index contributed by atoms with van der Waals surface area (Å²) < 4.78 is 0. The van der Waals surface area contributed by atoms with Crippen molar-refractivity contribution in [2.45, 2.75) is 33.3 Å². The molecule has 1 heterocycles. The van der Waals surface area contributed by atoms with Crippen LogP contribution < -0.4 is 16.0 Å². The maximum absolute atomic E-state index is 11.8. The van der Waals surface area contributed by atoms with Crippen LogP contribution in [0.5, 0.6) is 0 Å². The summed E-state index contributed by atoms with van der Waals surface area (Å²) in [6.07, 6.45) is 7.30. The third-order valence-corrected chi connectivity index (χ3v) is 2.47. The minimum atomic E-state index is -0.542. The monoisotopic (exact) mass is 263 g/mol. The number of hydrogen-bond acceptors (Lipinski definition) is 3. The van der Waals surface area contributed by atoms with Crippen LogP contribution in [0.3, 0.4) is 0 Å². The molecule has 0 saturated heterocycles. The van der Waals surface area contributed by atoms with E-state index in [1.807, 2.05) is 26.0 Å². The van der Waals surface area contributed by atoms with Crippen LogP contribution in [0, 0.1) is 0 Å².